The molecular weight excluding hydrogens is 260 g/mol. The molecule has 0 spiro atoms. The van der Waals surface area contributed by atoms with Crippen LogP contribution in [0, 0.1) is 5.92 Å². The largest absolute Gasteiger partial charge is 0.316 e. The number of thiophene rings is 1. The fourth-order valence-corrected chi connectivity index (χ4v) is 3.16. The van der Waals surface area contributed by atoms with Gasteiger partial charge in [-0.1, -0.05) is 0 Å². The molecule has 1 aromatic heterocycles. The van der Waals surface area contributed by atoms with Gasteiger partial charge in [-0.15, -0.1) is 11.3 Å². The van der Waals surface area contributed by atoms with Crippen molar-refractivity contribution >= 4 is 27.3 Å². The van der Waals surface area contributed by atoms with E-state index < -0.39 is 0 Å². The number of halogens is 1. The van der Waals surface area contributed by atoms with Gasteiger partial charge in [-0.05, 0) is 54.0 Å². The van der Waals surface area contributed by atoms with Gasteiger partial charge in [0.25, 0.3) is 0 Å². The van der Waals surface area contributed by atoms with Crippen LogP contribution in [0.1, 0.15) is 11.3 Å². The molecule has 1 unspecified atom stereocenters. The Balaban J connectivity index is 1.67. The zero-order valence-corrected chi connectivity index (χ0v) is 10.5. The number of hydrogen-bond acceptors (Lipinski definition) is 3. The maximum absolute atomic E-state index is 3.51. The summed E-state index contributed by atoms with van der Waals surface area (Å²) in [6, 6.07) is 2.19. The SMILES string of the molecule is Brc1csc(CNCC2CCNC2)c1. The van der Waals surface area contributed by atoms with Crippen LogP contribution in [0.25, 0.3) is 0 Å². The normalized spacial score (nSPS) is 21.6. The molecule has 2 N–H and O–H groups in total. The minimum absolute atomic E-state index is 0.832. The quantitative estimate of drug-likeness (QED) is 0.880. The Labute approximate surface area is 97.2 Å². The molecule has 1 aliphatic rings. The predicted molar refractivity (Wildman–Crippen MR) is 64.7 cm³/mol. The molecule has 0 amide bonds. The second-order valence-corrected chi connectivity index (χ2v) is 5.63. The lowest BCUT2D eigenvalue weighted by molar-refractivity contribution is 0.514. The first-order valence-electron chi connectivity index (χ1n) is 4.99. The molecule has 0 saturated carbocycles. The fourth-order valence-electron chi connectivity index (χ4n) is 1.73. The van der Waals surface area contributed by atoms with Crippen LogP contribution >= 0.6 is 27.3 Å². The van der Waals surface area contributed by atoms with Gasteiger partial charge in [0.15, 0.2) is 0 Å². The highest BCUT2D eigenvalue weighted by Crippen LogP contribution is 2.19. The van der Waals surface area contributed by atoms with Crippen LogP contribution in [0.2, 0.25) is 0 Å². The fraction of sp³-hybridized carbons (Fsp3) is 0.600. The van der Waals surface area contributed by atoms with Crippen molar-refractivity contribution in [2.24, 2.45) is 5.92 Å². The maximum atomic E-state index is 3.51. The van der Waals surface area contributed by atoms with Crippen molar-refractivity contribution in [1.82, 2.24) is 10.6 Å². The molecule has 78 valence electrons. The van der Waals surface area contributed by atoms with Crippen molar-refractivity contribution < 1.29 is 0 Å². The van der Waals surface area contributed by atoms with Crippen LogP contribution in [0.3, 0.4) is 0 Å². The van der Waals surface area contributed by atoms with E-state index in [2.05, 4.69) is 38.0 Å². The predicted octanol–water partition coefficient (Wildman–Crippen LogP) is 2.21. The van der Waals surface area contributed by atoms with Crippen LogP contribution in [-0.4, -0.2) is 19.6 Å². The number of hydrogen-bond donors (Lipinski definition) is 2. The summed E-state index contributed by atoms with van der Waals surface area (Å²) >= 11 is 5.27. The molecule has 14 heavy (non-hydrogen) atoms. The lowest BCUT2D eigenvalue weighted by atomic mass is 10.1. The van der Waals surface area contributed by atoms with E-state index in [1.807, 2.05) is 11.3 Å². The van der Waals surface area contributed by atoms with Gasteiger partial charge in [-0.3, -0.25) is 0 Å². The van der Waals surface area contributed by atoms with Crippen molar-refractivity contribution in [2.45, 2.75) is 13.0 Å². The van der Waals surface area contributed by atoms with E-state index in [0.29, 0.717) is 0 Å². The van der Waals surface area contributed by atoms with Crippen LogP contribution in [0.5, 0.6) is 0 Å². The van der Waals surface area contributed by atoms with Gasteiger partial charge in [0.1, 0.15) is 0 Å². The standard InChI is InChI=1S/C10H15BrN2S/c11-9-3-10(14-7-9)6-13-5-8-1-2-12-4-8/h3,7-8,12-13H,1-2,4-6H2. The molecule has 1 fully saturated rings. The Morgan fingerprint density at radius 3 is 3.21 bits per heavy atom. The lowest BCUT2D eigenvalue weighted by Crippen LogP contribution is -2.23. The first-order valence-corrected chi connectivity index (χ1v) is 6.66. The van der Waals surface area contributed by atoms with Crippen LogP contribution in [0.15, 0.2) is 15.9 Å². The van der Waals surface area contributed by atoms with Gasteiger partial charge in [0.05, 0.1) is 0 Å². The summed E-state index contributed by atoms with van der Waals surface area (Å²) in [5, 5.41) is 9.02. The molecule has 1 saturated heterocycles. The first kappa shape index (κ1) is 10.6. The van der Waals surface area contributed by atoms with Gasteiger partial charge in [-0.2, -0.15) is 0 Å². The van der Waals surface area contributed by atoms with Crippen molar-refractivity contribution in [1.29, 1.82) is 0 Å². The second kappa shape index (κ2) is 5.26. The number of nitrogens with one attached hydrogen (secondary N) is 2. The Kier molecular flexibility index (Phi) is 3.99. The molecule has 0 bridgehead atoms. The van der Waals surface area contributed by atoms with E-state index >= 15 is 0 Å². The average Bonchev–Trinajstić information content (AvgIpc) is 2.77. The summed E-state index contributed by atoms with van der Waals surface area (Å²) in [5.41, 5.74) is 0. The van der Waals surface area contributed by atoms with E-state index in [1.165, 1.54) is 28.9 Å². The zero-order valence-electron chi connectivity index (χ0n) is 8.05. The first-order chi connectivity index (χ1) is 6.84. The molecule has 0 aliphatic carbocycles. The molecule has 0 aromatic carbocycles. The summed E-state index contributed by atoms with van der Waals surface area (Å²) in [5.74, 6) is 0.832. The second-order valence-electron chi connectivity index (χ2n) is 3.72. The summed E-state index contributed by atoms with van der Waals surface area (Å²) < 4.78 is 1.20. The van der Waals surface area contributed by atoms with E-state index in [-0.39, 0.29) is 0 Å². The molecule has 0 radical (unpaired) electrons. The highest BCUT2D eigenvalue weighted by molar-refractivity contribution is 9.10. The minimum Gasteiger partial charge on any atom is -0.316 e. The summed E-state index contributed by atoms with van der Waals surface area (Å²) in [6.07, 6.45) is 1.32. The van der Waals surface area contributed by atoms with Gasteiger partial charge < -0.3 is 10.6 Å². The third kappa shape index (κ3) is 3.05. The van der Waals surface area contributed by atoms with Crippen molar-refractivity contribution in [3.05, 3.63) is 20.8 Å². The Bertz CT molecular complexity index is 281. The molecule has 4 heteroatoms. The smallest absolute Gasteiger partial charge is 0.0300 e. The molecular formula is C10H15BrN2S. The Morgan fingerprint density at radius 2 is 2.57 bits per heavy atom. The van der Waals surface area contributed by atoms with Crippen molar-refractivity contribution in [3.63, 3.8) is 0 Å². The van der Waals surface area contributed by atoms with Gasteiger partial charge in [0, 0.05) is 21.3 Å². The van der Waals surface area contributed by atoms with E-state index in [4.69, 9.17) is 0 Å². The third-order valence-corrected chi connectivity index (χ3v) is 4.21. The van der Waals surface area contributed by atoms with Gasteiger partial charge in [0.2, 0.25) is 0 Å². The van der Waals surface area contributed by atoms with Crippen LogP contribution in [0.4, 0.5) is 0 Å². The van der Waals surface area contributed by atoms with E-state index in [9.17, 15) is 0 Å². The topological polar surface area (TPSA) is 24.1 Å². The third-order valence-electron chi connectivity index (χ3n) is 2.52. The lowest BCUT2D eigenvalue weighted by Gasteiger charge is -2.08. The molecule has 2 heterocycles. The Hall–Kier alpha value is 0.1000. The van der Waals surface area contributed by atoms with Crippen molar-refractivity contribution in [2.75, 3.05) is 19.6 Å². The van der Waals surface area contributed by atoms with E-state index in [1.54, 1.807) is 0 Å². The summed E-state index contributed by atoms with van der Waals surface area (Å²) in [7, 11) is 0. The molecule has 1 aromatic rings. The molecule has 1 aliphatic heterocycles. The van der Waals surface area contributed by atoms with Crippen LogP contribution in [-0.2, 0) is 6.54 Å². The summed E-state index contributed by atoms with van der Waals surface area (Å²) in [6.45, 7) is 4.52. The zero-order chi connectivity index (χ0) is 9.80. The molecule has 1 atom stereocenters. The highest BCUT2D eigenvalue weighted by Gasteiger charge is 2.13. The molecule has 2 nitrogen and oxygen atoms in total. The monoisotopic (exact) mass is 274 g/mol. The highest BCUT2D eigenvalue weighted by atomic mass is 79.9. The van der Waals surface area contributed by atoms with Crippen LogP contribution < -0.4 is 10.6 Å². The van der Waals surface area contributed by atoms with Gasteiger partial charge in [-0.25, -0.2) is 0 Å². The maximum Gasteiger partial charge on any atom is 0.0300 e. The Morgan fingerprint density at radius 1 is 1.64 bits per heavy atom. The van der Waals surface area contributed by atoms with Gasteiger partial charge >= 0.3 is 0 Å². The number of rotatable bonds is 4. The minimum atomic E-state index is 0.832. The molecule has 2 rings (SSSR count). The summed E-state index contributed by atoms with van der Waals surface area (Å²) in [4.78, 5) is 1.41. The van der Waals surface area contributed by atoms with Crippen molar-refractivity contribution in [3.8, 4) is 0 Å². The average molecular weight is 275 g/mol. The van der Waals surface area contributed by atoms with E-state index in [0.717, 1.165) is 19.0 Å².